The number of halogens is 2. The predicted octanol–water partition coefficient (Wildman–Crippen LogP) is 4.41. The van der Waals surface area contributed by atoms with E-state index in [9.17, 15) is 26.8 Å². The predicted molar refractivity (Wildman–Crippen MR) is 160 cm³/mol. The molecule has 0 bridgehead atoms. The van der Waals surface area contributed by atoms with Crippen LogP contribution in [0.5, 0.6) is 5.75 Å². The van der Waals surface area contributed by atoms with Crippen LogP contribution in [-0.2, 0) is 26.2 Å². The Balaban J connectivity index is 1.53. The topological polar surface area (TPSA) is 125 Å². The number of aliphatic hydroxyl groups excluding tert-OH is 1. The van der Waals surface area contributed by atoms with Crippen LogP contribution in [0.1, 0.15) is 23.6 Å². The normalized spacial score (nSPS) is 11.8. The number of benzene rings is 4. The second kappa shape index (κ2) is 15.1. The standard InChI is InChI=1S/C32H31F2N3O6S/c33-25-9-7-23(8-10-25)21-37(31(24-5-2-1-3-6-24)32(40)35-19-4-20-38)30(39)22-43-28-15-17-29(18-16-28)44(41,42)36-27-13-11-26(34)12-14-27/h1-3,5-18,31,36,38H,4,19-22H2,(H,35,40). The zero-order valence-electron chi connectivity index (χ0n) is 23.5. The number of anilines is 1. The van der Waals surface area contributed by atoms with Crippen LogP contribution in [0.15, 0.2) is 108 Å². The van der Waals surface area contributed by atoms with E-state index in [4.69, 9.17) is 9.84 Å². The van der Waals surface area contributed by atoms with Gasteiger partial charge in [0.1, 0.15) is 23.4 Å². The molecule has 0 saturated carbocycles. The van der Waals surface area contributed by atoms with Crippen molar-refractivity contribution in [1.29, 1.82) is 0 Å². The van der Waals surface area contributed by atoms with Crippen molar-refractivity contribution < 1.29 is 36.6 Å². The number of nitrogens with zero attached hydrogens (tertiary/aromatic N) is 1. The second-order valence-electron chi connectivity index (χ2n) is 9.70. The van der Waals surface area contributed by atoms with Crippen molar-refractivity contribution in [2.24, 2.45) is 0 Å². The fraction of sp³-hybridized carbons (Fsp3) is 0.188. The molecule has 0 fully saturated rings. The first-order valence-corrected chi connectivity index (χ1v) is 15.1. The van der Waals surface area contributed by atoms with Crippen LogP contribution in [0.25, 0.3) is 0 Å². The quantitative estimate of drug-likeness (QED) is 0.179. The van der Waals surface area contributed by atoms with Gasteiger partial charge in [0, 0.05) is 25.4 Å². The molecule has 4 aromatic carbocycles. The molecule has 12 heteroatoms. The number of hydrogen-bond donors (Lipinski definition) is 3. The molecule has 0 heterocycles. The van der Waals surface area contributed by atoms with Crippen molar-refractivity contribution >= 4 is 27.5 Å². The molecule has 1 unspecified atom stereocenters. The third kappa shape index (κ3) is 8.85. The zero-order valence-corrected chi connectivity index (χ0v) is 24.3. The smallest absolute Gasteiger partial charge is 0.261 e. The molecular weight excluding hydrogens is 592 g/mol. The molecule has 0 aliphatic rings. The lowest BCUT2D eigenvalue weighted by Gasteiger charge is -2.31. The number of nitrogens with one attached hydrogen (secondary N) is 2. The van der Waals surface area contributed by atoms with Gasteiger partial charge in [-0.25, -0.2) is 17.2 Å². The molecule has 4 rings (SSSR count). The van der Waals surface area contributed by atoms with Crippen molar-refractivity contribution in [2.75, 3.05) is 24.5 Å². The molecule has 4 aromatic rings. The average Bonchev–Trinajstić information content (AvgIpc) is 3.02. The van der Waals surface area contributed by atoms with Crippen molar-refractivity contribution in [2.45, 2.75) is 23.9 Å². The van der Waals surface area contributed by atoms with Gasteiger partial charge in [0.15, 0.2) is 6.61 Å². The first kappa shape index (κ1) is 32.1. The number of ether oxygens (including phenoxy) is 1. The Morgan fingerprint density at radius 1 is 0.841 bits per heavy atom. The van der Waals surface area contributed by atoms with Gasteiger partial charge in [-0.1, -0.05) is 42.5 Å². The molecule has 230 valence electrons. The van der Waals surface area contributed by atoms with Crippen molar-refractivity contribution in [1.82, 2.24) is 10.2 Å². The van der Waals surface area contributed by atoms with Crippen molar-refractivity contribution in [3.8, 4) is 5.75 Å². The highest BCUT2D eigenvalue weighted by molar-refractivity contribution is 7.92. The monoisotopic (exact) mass is 623 g/mol. The van der Waals surface area contributed by atoms with Gasteiger partial charge in [-0.05, 0) is 78.2 Å². The minimum atomic E-state index is -3.98. The highest BCUT2D eigenvalue weighted by Gasteiger charge is 2.31. The maximum Gasteiger partial charge on any atom is 0.261 e. The molecule has 0 radical (unpaired) electrons. The van der Waals surface area contributed by atoms with E-state index in [2.05, 4.69) is 10.0 Å². The van der Waals surface area contributed by atoms with Crippen LogP contribution in [0.3, 0.4) is 0 Å². The molecule has 0 aromatic heterocycles. The van der Waals surface area contributed by atoms with Gasteiger partial charge in [-0.3, -0.25) is 14.3 Å². The van der Waals surface area contributed by atoms with E-state index in [0.717, 1.165) is 12.1 Å². The number of rotatable bonds is 14. The summed E-state index contributed by atoms with van der Waals surface area (Å²) in [5.41, 5.74) is 1.30. The van der Waals surface area contributed by atoms with Gasteiger partial charge < -0.3 is 20.1 Å². The van der Waals surface area contributed by atoms with E-state index in [1.807, 2.05) is 0 Å². The lowest BCUT2D eigenvalue weighted by atomic mass is 10.0. The molecular formula is C32H31F2N3O6S. The van der Waals surface area contributed by atoms with E-state index in [-0.39, 0.29) is 36.0 Å². The Hall–Kier alpha value is -4.81. The molecule has 0 spiro atoms. The van der Waals surface area contributed by atoms with Gasteiger partial charge in [-0.2, -0.15) is 0 Å². The molecule has 0 aliphatic heterocycles. The molecule has 1 atom stereocenters. The Morgan fingerprint density at radius 2 is 1.45 bits per heavy atom. The largest absolute Gasteiger partial charge is 0.484 e. The van der Waals surface area contributed by atoms with Crippen molar-refractivity contribution in [3.63, 3.8) is 0 Å². The summed E-state index contributed by atoms with van der Waals surface area (Å²) in [6.07, 6.45) is 0.327. The number of sulfonamides is 1. The summed E-state index contributed by atoms with van der Waals surface area (Å²) in [4.78, 5) is 28.3. The summed E-state index contributed by atoms with van der Waals surface area (Å²) in [5, 5.41) is 11.9. The Morgan fingerprint density at radius 3 is 2.07 bits per heavy atom. The number of amides is 2. The first-order chi connectivity index (χ1) is 21.2. The second-order valence-corrected chi connectivity index (χ2v) is 11.4. The van der Waals surface area contributed by atoms with Crippen molar-refractivity contribution in [3.05, 3.63) is 126 Å². The van der Waals surface area contributed by atoms with E-state index in [1.165, 1.54) is 65.6 Å². The third-order valence-corrected chi connectivity index (χ3v) is 7.89. The SMILES string of the molecule is O=C(NCCCO)C(c1ccccc1)N(Cc1ccc(F)cc1)C(=O)COc1ccc(S(=O)(=O)Nc2ccc(F)cc2)cc1. The van der Waals surface area contributed by atoms with Gasteiger partial charge in [0.25, 0.3) is 15.9 Å². The Labute approximate surface area is 254 Å². The van der Waals surface area contributed by atoms with Crippen LogP contribution >= 0.6 is 0 Å². The summed E-state index contributed by atoms with van der Waals surface area (Å²) in [6.45, 7) is -0.459. The number of carbonyl (C=O) groups excluding carboxylic acids is 2. The maximum atomic E-state index is 13.7. The summed E-state index contributed by atoms with van der Waals surface area (Å²) in [6, 6.07) is 23.4. The molecule has 0 aliphatic carbocycles. The Bertz CT molecular complexity index is 1640. The Kier molecular flexibility index (Phi) is 11.0. The van der Waals surface area contributed by atoms with Crippen LogP contribution < -0.4 is 14.8 Å². The number of carbonyl (C=O) groups is 2. The van der Waals surface area contributed by atoms with Crippen LogP contribution in [0.2, 0.25) is 0 Å². The highest BCUT2D eigenvalue weighted by Crippen LogP contribution is 2.25. The fourth-order valence-corrected chi connectivity index (χ4v) is 5.34. The number of hydrogen-bond acceptors (Lipinski definition) is 6. The van der Waals surface area contributed by atoms with E-state index < -0.39 is 46.1 Å². The summed E-state index contributed by atoms with van der Waals surface area (Å²) < 4.78 is 60.3. The highest BCUT2D eigenvalue weighted by atomic mass is 32.2. The van der Waals surface area contributed by atoms with Gasteiger partial charge in [-0.15, -0.1) is 0 Å². The van der Waals surface area contributed by atoms with Gasteiger partial charge >= 0.3 is 0 Å². The zero-order chi connectivity index (χ0) is 31.5. The molecule has 9 nitrogen and oxygen atoms in total. The molecule has 2 amide bonds. The summed E-state index contributed by atoms with van der Waals surface area (Å²) in [5.74, 6) is -1.78. The summed E-state index contributed by atoms with van der Waals surface area (Å²) in [7, 11) is -3.98. The van der Waals surface area contributed by atoms with Crippen LogP contribution in [0.4, 0.5) is 14.5 Å². The maximum absolute atomic E-state index is 13.7. The number of aliphatic hydroxyl groups is 1. The molecule has 0 saturated heterocycles. The van der Waals surface area contributed by atoms with E-state index in [0.29, 0.717) is 17.5 Å². The van der Waals surface area contributed by atoms with Crippen LogP contribution in [0, 0.1) is 11.6 Å². The lowest BCUT2D eigenvalue weighted by molar-refractivity contribution is -0.143. The van der Waals surface area contributed by atoms with E-state index in [1.54, 1.807) is 30.3 Å². The minimum absolute atomic E-state index is 0.0400. The van der Waals surface area contributed by atoms with Crippen LogP contribution in [-0.4, -0.2) is 50.0 Å². The first-order valence-electron chi connectivity index (χ1n) is 13.6. The van der Waals surface area contributed by atoms with Gasteiger partial charge in [0.2, 0.25) is 5.91 Å². The summed E-state index contributed by atoms with van der Waals surface area (Å²) >= 11 is 0. The fourth-order valence-electron chi connectivity index (χ4n) is 4.28. The minimum Gasteiger partial charge on any atom is -0.484 e. The third-order valence-electron chi connectivity index (χ3n) is 6.49. The van der Waals surface area contributed by atoms with E-state index >= 15 is 0 Å². The van der Waals surface area contributed by atoms with Gasteiger partial charge in [0.05, 0.1) is 4.90 Å². The average molecular weight is 624 g/mol. The lowest BCUT2D eigenvalue weighted by Crippen LogP contribution is -2.45. The molecule has 3 N–H and O–H groups in total. The molecule has 44 heavy (non-hydrogen) atoms.